The second-order valence-electron chi connectivity index (χ2n) is 6.87. The minimum Gasteiger partial charge on any atom is -0.506 e. The van der Waals surface area contributed by atoms with Gasteiger partial charge in [0.25, 0.3) is 5.56 Å². The molecule has 2 heterocycles. The molecule has 0 amide bonds. The number of H-pyrrole nitrogens is 1. The van der Waals surface area contributed by atoms with Crippen LogP contribution < -0.4 is 5.56 Å². The number of hydrogen-bond donors (Lipinski definition) is 2. The molecule has 0 atom stereocenters. The molecule has 144 valence electrons. The third-order valence-corrected chi connectivity index (χ3v) is 6.38. The van der Waals surface area contributed by atoms with Gasteiger partial charge in [-0.3, -0.25) is 4.79 Å². The summed E-state index contributed by atoms with van der Waals surface area (Å²) < 4.78 is 1.19. The molecule has 4 nitrogen and oxygen atoms in total. The number of aromatic nitrogens is 1. The van der Waals surface area contributed by atoms with Gasteiger partial charge in [-0.05, 0) is 40.8 Å². The zero-order chi connectivity index (χ0) is 20.8. The third kappa shape index (κ3) is 2.86. The van der Waals surface area contributed by atoms with Crippen LogP contribution in [0.3, 0.4) is 0 Å². The highest BCUT2D eigenvalue weighted by Crippen LogP contribution is 2.39. The van der Waals surface area contributed by atoms with E-state index in [0.29, 0.717) is 16.5 Å². The number of aromatic hydroxyl groups is 1. The number of halogens is 1. The SMILES string of the molecule is [C-]#[N+]c1cc2c(O)c(-c3cccc(-c4csc5ccccc45)c3)c(=O)[nH]c2cc1Cl. The lowest BCUT2D eigenvalue weighted by atomic mass is 9.98. The first kappa shape index (κ1) is 18.4. The molecule has 0 bridgehead atoms. The molecule has 0 saturated carbocycles. The number of benzene rings is 3. The van der Waals surface area contributed by atoms with Crippen LogP contribution in [0.5, 0.6) is 5.75 Å². The Morgan fingerprint density at radius 3 is 2.63 bits per heavy atom. The number of aromatic amines is 1. The molecule has 0 radical (unpaired) electrons. The summed E-state index contributed by atoms with van der Waals surface area (Å²) in [5, 5.41) is 14.8. The van der Waals surface area contributed by atoms with E-state index in [0.717, 1.165) is 16.5 Å². The molecule has 5 aromatic rings. The van der Waals surface area contributed by atoms with Crippen LogP contribution in [-0.4, -0.2) is 10.1 Å². The first-order valence-electron chi connectivity index (χ1n) is 9.10. The molecule has 3 aromatic carbocycles. The van der Waals surface area contributed by atoms with Crippen molar-refractivity contribution in [2.45, 2.75) is 0 Å². The van der Waals surface area contributed by atoms with Crippen LogP contribution in [-0.2, 0) is 0 Å². The topological polar surface area (TPSA) is 57.4 Å². The summed E-state index contributed by atoms with van der Waals surface area (Å²) in [4.78, 5) is 19.0. The number of pyridine rings is 1. The lowest BCUT2D eigenvalue weighted by Crippen LogP contribution is -2.09. The van der Waals surface area contributed by atoms with Gasteiger partial charge in [0.05, 0.1) is 17.7 Å². The molecule has 6 heteroatoms. The summed E-state index contributed by atoms with van der Waals surface area (Å²) in [6.07, 6.45) is 0. The third-order valence-electron chi connectivity index (χ3n) is 5.12. The predicted octanol–water partition coefficient (Wildman–Crippen LogP) is 6.99. The van der Waals surface area contributed by atoms with Gasteiger partial charge in [-0.15, -0.1) is 11.3 Å². The van der Waals surface area contributed by atoms with Crippen LogP contribution in [0.25, 0.3) is 48.1 Å². The Morgan fingerprint density at radius 1 is 1.00 bits per heavy atom. The van der Waals surface area contributed by atoms with Gasteiger partial charge in [0.15, 0.2) is 0 Å². The Bertz CT molecular complexity index is 1560. The Morgan fingerprint density at radius 2 is 1.80 bits per heavy atom. The summed E-state index contributed by atoms with van der Waals surface area (Å²) in [6, 6.07) is 18.7. The molecule has 5 rings (SSSR count). The van der Waals surface area contributed by atoms with Gasteiger partial charge in [0.1, 0.15) is 5.75 Å². The lowest BCUT2D eigenvalue weighted by molar-refractivity contribution is 0.482. The first-order valence-corrected chi connectivity index (χ1v) is 10.4. The minimum atomic E-state index is -0.418. The normalized spacial score (nSPS) is 11.1. The van der Waals surface area contributed by atoms with E-state index in [1.807, 2.05) is 30.3 Å². The molecule has 0 spiro atoms. The molecular weight excluding hydrogens is 416 g/mol. The summed E-state index contributed by atoms with van der Waals surface area (Å²) >= 11 is 7.74. The Labute approximate surface area is 180 Å². The fourth-order valence-electron chi connectivity index (χ4n) is 3.69. The zero-order valence-electron chi connectivity index (χ0n) is 15.4. The largest absolute Gasteiger partial charge is 0.506 e. The van der Waals surface area contributed by atoms with Crippen molar-refractivity contribution < 1.29 is 5.11 Å². The molecule has 0 aliphatic carbocycles. The van der Waals surface area contributed by atoms with Crippen molar-refractivity contribution in [3.05, 3.63) is 92.8 Å². The maximum Gasteiger partial charge on any atom is 0.260 e. The van der Waals surface area contributed by atoms with Crippen LogP contribution in [0.4, 0.5) is 5.69 Å². The molecule has 2 N–H and O–H groups in total. The van der Waals surface area contributed by atoms with Gasteiger partial charge in [-0.25, -0.2) is 4.85 Å². The van der Waals surface area contributed by atoms with Crippen LogP contribution in [0, 0.1) is 6.57 Å². The Hall–Kier alpha value is -3.59. The average molecular weight is 429 g/mol. The second kappa shape index (κ2) is 7.03. The molecule has 0 aliphatic rings. The maximum atomic E-state index is 12.8. The fraction of sp³-hybridized carbons (Fsp3) is 0. The monoisotopic (exact) mass is 428 g/mol. The zero-order valence-corrected chi connectivity index (χ0v) is 17.0. The number of rotatable bonds is 2. The minimum absolute atomic E-state index is 0.164. The van der Waals surface area contributed by atoms with Gasteiger partial charge in [-0.1, -0.05) is 48.0 Å². The van der Waals surface area contributed by atoms with Gasteiger partial charge in [0, 0.05) is 26.1 Å². The van der Waals surface area contributed by atoms with Crippen molar-refractivity contribution in [1.82, 2.24) is 4.98 Å². The van der Waals surface area contributed by atoms with Crippen LogP contribution >= 0.6 is 22.9 Å². The second-order valence-corrected chi connectivity index (χ2v) is 8.18. The van der Waals surface area contributed by atoms with Crippen molar-refractivity contribution in [1.29, 1.82) is 0 Å². The van der Waals surface area contributed by atoms with Crippen molar-refractivity contribution in [2.24, 2.45) is 0 Å². The average Bonchev–Trinajstić information content (AvgIpc) is 3.18. The molecule has 0 unspecified atom stereocenters. The van der Waals surface area contributed by atoms with Crippen molar-refractivity contribution in [2.75, 3.05) is 0 Å². The molecular formula is C24H13ClN2O2S. The molecule has 0 fully saturated rings. The standard InChI is InChI=1S/C24H13ClN2O2S/c1-26-20-10-16-19(11-18(20)25)27-24(29)22(23(16)28)14-6-4-5-13(9-14)17-12-30-21-8-3-2-7-15(17)21/h2-12H,(H2,27,28,29). The summed E-state index contributed by atoms with van der Waals surface area (Å²) in [5.41, 5.74) is 3.00. The van der Waals surface area contributed by atoms with E-state index in [-0.39, 0.29) is 22.0 Å². The quantitative estimate of drug-likeness (QED) is 0.298. The maximum absolute atomic E-state index is 12.8. The number of hydrogen-bond acceptors (Lipinski definition) is 3. The van der Waals surface area contributed by atoms with Crippen molar-refractivity contribution in [3.63, 3.8) is 0 Å². The van der Waals surface area contributed by atoms with Crippen LogP contribution in [0.15, 0.2) is 70.8 Å². The summed E-state index contributed by atoms with van der Waals surface area (Å²) in [7, 11) is 0. The highest BCUT2D eigenvalue weighted by atomic mass is 35.5. The highest BCUT2D eigenvalue weighted by Gasteiger charge is 2.17. The van der Waals surface area contributed by atoms with E-state index in [2.05, 4.69) is 27.3 Å². The van der Waals surface area contributed by atoms with Crippen molar-refractivity contribution in [3.8, 4) is 28.0 Å². The smallest absolute Gasteiger partial charge is 0.260 e. The van der Waals surface area contributed by atoms with E-state index in [1.165, 1.54) is 16.8 Å². The number of nitrogens with zero attached hydrogens (tertiary/aromatic N) is 1. The van der Waals surface area contributed by atoms with E-state index < -0.39 is 5.56 Å². The summed E-state index contributed by atoms with van der Waals surface area (Å²) in [6.45, 7) is 7.25. The van der Waals surface area contributed by atoms with Gasteiger partial charge in [-0.2, -0.15) is 0 Å². The van der Waals surface area contributed by atoms with Crippen molar-refractivity contribution >= 4 is 49.6 Å². The number of thiophene rings is 1. The van der Waals surface area contributed by atoms with Gasteiger partial charge >= 0.3 is 0 Å². The fourth-order valence-corrected chi connectivity index (χ4v) is 4.86. The van der Waals surface area contributed by atoms with Crippen LogP contribution in [0.2, 0.25) is 5.02 Å². The van der Waals surface area contributed by atoms with E-state index >= 15 is 0 Å². The van der Waals surface area contributed by atoms with E-state index in [4.69, 9.17) is 18.2 Å². The molecule has 0 aliphatic heterocycles. The predicted molar refractivity (Wildman–Crippen MR) is 124 cm³/mol. The van der Waals surface area contributed by atoms with E-state index in [1.54, 1.807) is 17.4 Å². The number of nitrogens with one attached hydrogen (secondary N) is 1. The van der Waals surface area contributed by atoms with Gasteiger partial charge in [0.2, 0.25) is 5.69 Å². The Kier molecular flexibility index (Phi) is 4.32. The van der Waals surface area contributed by atoms with Gasteiger partial charge < -0.3 is 10.1 Å². The Balaban J connectivity index is 1.73. The van der Waals surface area contributed by atoms with E-state index in [9.17, 15) is 9.90 Å². The molecule has 2 aromatic heterocycles. The molecule has 0 saturated heterocycles. The summed E-state index contributed by atoms with van der Waals surface area (Å²) in [5.74, 6) is -0.164. The van der Waals surface area contributed by atoms with Crippen LogP contribution in [0.1, 0.15) is 0 Å². The lowest BCUT2D eigenvalue weighted by Gasteiger charge is -2.10. The highest BCUT2D eigenvalue weighted by molar-refractivity contribution is 7.17. The first-order chi connectivity index (χ1) is 14.6. The number of fused-ring (bicyclic) bond motifs is 2. The molecule has 30 heavy (non-hydrogen) atoms.